The number of nitriles is 1. The van der Waals surface area contributed by atoms with E-state index >= 15 is 0 Å². The molecule has 1 fully saturated rings. The summed E-state index contributed by atoms with van der Waals surface area (Å²) in [5.74, 6) is -1.67. The minimum Gasteiger partial charge on any atom is -0.379 e. The van der Waals surface area contributed by atoms with E-state index in [1.165, 1.54) is 0 Å². The van der Waals surface area contributed by atoms with Crippen LogP contribution in [0.4, 0.5) is 14.5 Å². The van der Waals surface area contributed by atoms with E-state index in [1.54, 1.807) is 6.07 Å². The molecule has 102 valence electrons. The molecule has 1 saturated heterocycles. The molecule has 0 aliphatic carbocycles. The van der Waals surface area contributed by atoms with Crippen LogP contribution in [0, 0.1) is 23.0 Å². The van der Waals surface area contributed by atoms with Gasteiger partial charge in [0.15, 0.2) is 21.5 Å². The summed E-state index contributed by atoms with van der Waals surface area (Å²) in [5, 5.41) is 10.4. The number of rotatable bonds is 3. The first kappa shape index (κ1) is 13.7. The number of nitrogens with zero attached hydrogens (tertiary/aromatic N) is 1. The molecule has 1 aliphatic heterocycles. The zero-order valence-electron chi connectivity index (χ0n) is 9.99. The van der Waals surface area contributed by atoms with Crippen molar-refractivity contribution in [2.45, 2.75) is 18.1 Å². The fourth-order valence-electron chi connectivity index (χ4n) is 2.11. The molecule has 7 heteroatoms. The van der Waals surface area contributed by atoms with Crippen LogP contribution in [0.25, 0.3) is 0 Å². The summed E-state index contributed by atoms with van der Waals surface area (Å²) in [6.07, 6.45) is 1.07. The van der Waals surface area contributed by atoms with Crippen molar-refractivity contribution < 1.29 is 17.2 Å². The van der Waals surface area contributed by atoms with Gasteiger partial charge in [-0.1, -0.05) is 0 Å². The van der Waals surface area contributed by atoms with Crippen molar-refractivity contribution in [1.29, 1.82) is 5.26 Å². The second-order valence-corrected chi connectivity index (χ2v) is 6.84. The fourth-order valence-corrected chi connectivity index (χ4v) is 3.88. The molecular formula is C12H12F2N2O2S. The van der Waals surface area contributed by atoms with Crippen LogP contribution < -0.4 is 5.32 Å². The predicted octanol–water partition coefficient (Wildman–Crippen LogP) is 1.83. The van der Waals surface area contributed by atoms with E-state index in [9.17, 15) is 17.2 Å². The Morgan fingerprint density at radius 2 is 2.00 bits per heavy atom. The van der Waals surface area contributed by atoms with E-state index < -0.39 is 26.7 Å². The molecule has 0 amide bonds. The highest BCUT2D eigenvalue weighted by Gasteiger charge is 2.31. The summed E-state index contributed by atoms with van der Waals surface area (Å²) >= 11 is 0. The Balaban J connectivity index is 2.15. The van der Waals surface area contributed by atoms with Gasteiger partial charge in [-0.15, -0.1) is 0 Å². The fraction of sp³-hybridized carbons (Fsp3) is 0.417. The lowest BCUT2D eigenvalue weighted by Crippen LogP contribution is -2.25. The van der Waals surface area contributed by atoms with Gasteiger partial charge in [0, 0.05) is 6.54 Å². The third-order valence-corrected chi connectivity index (χ3v) is 5.42. The molecule has 2 rings (SSSR count). The second kappa shape index (κ2) is 5.13. The molecule has 0 spiro atoms. The molecule has 4 nitrogen and oxygen atoms in total. The van der Waals surface area contributed by atoms with Gasteiger partial charge in [0.1, 0.15) is 5.69 Å². The molecule has 1 heterocycles. The number of halogens is 2. The van der Waals surface area contributed by atoms with Crippen LogP contribution in [0.5, 0.6) is 0 Å². The van der Waals surface area contributed by atoms with Crippen LogP contribution in [0.1, 0.15) is 18.4 Å². The first-order chi connectivity index (χ1) is 8.94. The number of sulfone groups is 1. The normalized spacial score (nSPS) is 21.0. The summed E-state index contributed by atoms with van der Waals surface area (Å²) in [4.78, 5) is 0. The van der Waals surface area contributed by atoms with Crippen molar-refractivity contribution in [2.24, 2.45) is 0 Å². The van der Waals surface area contributed by atoms with E-state index in [1.807, 2.05) is 0 Å². The monoisotopic (exact) mass is 286 g/mol. The topological polar surface area (TPSA) is 70.0 Å². The van der Waals surface area contributed by atoms with Crippen LogP contribution in [0.2, 0.25) is 0 Å². The maximum absolute atomic E-state index is 13.6. The molecule has 0 radical (unpaired) electrons. The van der Waals surface area contributed by atoms with E-state index in [2.05, 4.69) is 5.32 Å². The number of anilines is 1. The summed E-state index contributed by atoms with van der Waals surface area (Å²) in [6.45, 7) is -0.0257. The van der Waals surface area contributed by atoms with Crippen molar-refractivity contribution in [1.82, 2.24) is 0 Å². The van der Waals surface area contributed by atoms with E-state index in [0.717, 1.165) is 12.1 Å². The highest BCUT2D eigenvalue weighted by molar-refractivity contribution is 7.92. The molecule has 0 aromatic heterocycles. The van der Waals surface area contributed by atoms with Crippen molar-refractivity contribution in [3.63, 3.8) is 0 Å². The third kappa shape index (κ3) is 2.84. The van der Waals surface area contributed by atoms with Gasteiger partial charge in [0.25, 0.3) is 0 Å². The smallest absolute Gasteiger partial charge is 0.154 e. The van der Waals surface area contributed by atoms with Crippen molar-refractivity contribution in [3.8, 4) is 6.07 Å². The average molecular weight is 286 g/mol. The Hall–Kier alpha value is -1.68. The molecular weight excluding hydrogens is 274 g/mol. The van der Waals surface area contributed by atoms with Crippen LogP contribution in [-0.2, 0) is 9.84 Å². The van der Waals surface area contributed by atoms with Gasteiger partial charge in [0.2, 0.25) is 0 Å². The quantitative estimate of drug-likeness (QED) is 0.920. The zero-order chi connectivity index (χ0) is 14.0. The molecule has 0 saturated carbocycles. The molecule has 1 aromatic carbocycles. The van der Waals surface area contributed by atoms with Crippen LogP contribution in [0.15, 0.2) is 12.1 Å². The molecule has 1 aromatic rings. The Morgan fingerprint density at radius 1 is 1.37 bits per heavy atom. The van der Waals surface area contributed by atoms with Crippen molar-refractivity contribution >= 4 is 15.5 Å². The first-order valence-electron chi connectivity index (χ1n) is 5.78. The van der Waals surface area contributed by atoms with Crippen LogP contribution in [0.3, 0.4) is 0 Å². The number of benzene rings is 1. The molecule has 1 aliphatic rings. The van der Waals surface area contributed by atoms with E-state index in [0.29, 0.717) is 12.8 Å². The van der Waals surface area contributed by atoms with Crippen LogP contribution in [-0.4, -0.2) is 26.0 Å². The van der Waals surface area contributed by atoms with Gasteiger partial charge in [-0.3, -0.25) is 0 Å². The molecule has 0 bridgehead atoms. The van der Waals surface area contributed by atoms with Gasteiger partial charge >= 0.3 is 0 Å². The Morgan fingerprint density at radius 3 is 2.47 bits per heavy atom. The van der Waals surface area contributed by atoms with Crippen LogP contribution >= 0.6 is 0 Å². The molecule has 1 N–H and O–H groups in total. The Bertz CT molecular complexity index is 615. The van der Waals surface area contributed by atoms with Gasteiger partial charge in [-0.05, 0) is 25.0 Å². The second-order valence-electron chi connectivity index (χ2n) is 4.44. The molecule has 19 heavy (non-hydrogen) atoms. The molecule has 1 atom stereocenters. The lowest BCUT2D eigenvalue weighted by atomic mass is 10.2. The zero-order valence-corrected chi connectivity index (χ0v) is 10.8. The first-order valence-corrected chi connectivity index (χ1v) is 7.50. The highest BCUT2D eigenvalue weighted by Crippen LogP contribution is 2.24. The maximum Gasteiger partial charge on any atom is 0.154 e. The summed E-state index contributed by atoms with van der Waals surface area (Å²) < 4.78 is 50.3. The SMILES string of the molecule is N#Cc1cc(F)c(NCC2CCCS2(=O)=O)c(F)c1. The number of hydrogen-bond acceptors (Lipinski definition) is 4. The number of hydrogen-bond donors (Lipinski definition) is 1. The maximum atomic E-state index is 13.6. The van der Waals surface area contributed by atoms with Gasteiger partial charge in [0.05, 0.1) is 22.6 Å². The summed E-state index contributed by atoms with van der Waals surface area (Å²) in [5.41, 5.74) is -0.505. The van der Waals surface area contributed by atoms with Gasteiger partial charge < -0.3 is 5.32 Å². The predicted molar refractivity (Wildman–Crippen MR) is 66.4 cm³/mol. The van der Waals surface area contributed by atoms with E-state index in [4.69, 9.17) is 5.26 Å². The molecule has 1 unspecified atom stereocenters. The minimum atomic E-state index is -3.16. The summed E-state index contributed by atoms with van der Waals surface area (Å²) in [6, 6.07) is 3.47. The van der Waals surface area contributed by atoms with Crippen molar-refractivity contribution in [3.05, 3.63) is 29.3 Å². The Labute approximate surface area is 110 Å². The lowest BCUT2D eigenvalue weighted by molar-refractivity contribution is 0.580. The van der Waals surface area contributed by atoms with Gasteiger partial charge in [-0.25, -0.2) is 17.2 Å². The lowest BCUT2D eigenvalue weighted by Gasteiger charge is -2.13. The number of nitrogens with one attached hydrogen (secondary N) is 1. The van der Waals surface area contributed by atoms with Gasteiger partial charge in [-0.2, -0.15) is 5.26 Å². The largest absolute Gasteiger partial charge is 0.379 e. The summed E-state index contributed by atoms with van der Waals surface area (Å²) in [7, 11) is -3.16. The van der Waals surface area contributed by atoms with E-state index in [-0.39, 0.29) is 23.5 Å². The average Bonchev–Trinajstić information content (AvgIpc) is 2.67. The third-order valence-electron chi connectivity index (χ3n) is 3.14. The standard InChI is InChI=1S/C12H12F2N2O2S/c13-10-4-8(6-15)5-11(14)12(10)16-7-9-2-1-3-19(9,17)18/h4-5,9,16H,1-3,7H2. The highest BCUT2D eigenvalue weighted by atomic mass is 32.2. The van der Waals surface area contributed by atoms with Crippen molar-refractivity contribution in [2.75, 3.05) is 17.6 Å². The Kier molecular flexibility index (Phi) is 3.71. The minimum absolute atomic E-state index is 0.0257.